The number of furan rings is 1. The van der Waals surface area contributed by atoms with Crippen LogP contribution in [0.5, 0.6) is 0 Å². The minimum atomic E-state index is 0.685. The Morgan fingerprint density at radius 2 is 1.23 bits per heavy atom. The number of benzene rings is 6. The van der Waals surface area contributed by atoms with Gasteiger partial charge in [-0.3, -0.25) is 0 Å². The van der Waals surface area contributed by atoms with Gasteiger partial charge in [-0.2, -0.15) is 5.26 Å². The minimum Gasteiger partial charge on any atom is -0.456 e. The van der Waals surface area contributed by atoms with E-state index in [9.17, 15) is 5.26 Å². The van der Waals surface area contributed by atoms with Crippen LogP contribution in [0.3, 0.4) is 0 Å². The first-order valence-corrected chi connectivity index (χ1v) is 14.1. The third-order valence-corrected chi connectivity index (χ3v) is 8.96. The Morgan fingerprint density at radius 1 is 0.500 bits per heavy atom. The lowest BCUT2D eigenvalue weighted by Gasteiger charge is -2.15. The standard InChI is InChI=1S/C37H21NOS/c38-22-33-31(23-9-2-1-3-10-23)19-25(24-17-18-27-26-11-4-6-15-34(26)39-35(27)21-24)20-32(33)30-14-8-13-29-28-12-5-7-16-36(28)40-37(29)30/h1-21H. The zero-order valence-electron chi connectivity index (χ0n) is 21.4. The van der Waals surface area contributed by atoms with Gasteiger partial charge in [0.25, 0.3) is 0 Å². The molecular weight excluding hydrogens is 506 g/mol. The molecule has 0 unspecified atom stereocenters. The summed E-state index contributed by atoms with van der Waals surface area (Å²) in [6.07, 6.45) is 0. The Morgan fingerprint density at radius 3 is 2.10 bits per heavy atom. The van der Waals surface area contributed by atoms with Crippen molar-refractivity contribution < 1.29 is 4.42 Å². The molecule has 0 saturated heterocycles. The van der Waals surface area contributed by atoms with E-state index in [2.05, 4.69) is 97.1 Å². The van der Waals surface area contributed by atoms with Crippen molar-refractivity contribution in [3.8, 4) is 39.4 Å². The molecule has 3 heteroatoms. The fraction of sp³-hybridized carbons (Fsp3) is 0. The molecule has 0 aliphatic carbocycles. The number of fused-ring (bicyclic) bond motifs is 6. The molecule has 0 atom stereocenters. The number of nitrogens with zero attached hydrogens (tertiary/aromatic N) is 1. The zero-order valence-corrected chi connectivity index (χ0v) is 22.2. The molecule has 0 spiro atoms. The first kappa shape index (κ1) is 22.8. The molecule has 0 saturated carbocycles. The normalized spacial score (nSPS) is 11.5. The van der Waals surface area contributed by atoms with Crippen molar-refractivity contribution in [1.82, 2.24) is 0 Å². The van der Waals surface area contributed by atoms with Gasteiger partial charge in [-0.05, 0) is 53.1 Å². The molecule has 2 nitrogen and oxygen atoms in total. The second kappa shape index (κ2) is 8.95. The third kappa shape index (κ3) is 3.48. The van der Waals surface area contributed by atoms with E-state index in [1.165, 1.54) is 20.2 Å². The zero-order chi connectivity index (χ0) is 26.6. The largest absolute Gasteiger partial charge is 0.456 e. The highest BCUT2D eigenvalue weighted by molar-refractivity contribution is 7.26. The monoisotopic (exact) mass is 527 g/mol. The highest BCUT2D eigenvalue weighted by Crippen LogP contribution is 2.44. The quantitative estimate of drug-likeness (QED) is 0.229. The number of para-hydroxylation sites is 1. The Bertz CT molecular complexity index is 2280. The van der Waals surface area contributed by atoms with E-state index in [1.807, 2.05) is 36.4 Å². The molecule has 8 aromatic rings. The summed E-state index contributed by atoms with van der Waals surface area (Å²) in [7, 11) is 0. The Labute approximate surface area is 235 Å². The molecule has 186 valence electrons. The van der Waals surface area contributed by atoms with Crippen molar-refractivity contribution in [1.29, 1.82) is 5.26 Å². The van der Waals surface area contributed by atoms with Gasteiger partial charge in [0.1, 0.15) is 17.2 Å². The van der Waals surface area contributed by atoms with E-state index in [1.54, 1.807) is 11.3 Å². The number of rotatable bonds is 3. The highest BCUT2D eigenvalue weighted by atomic mass is 32.1. The van der Waals surface area contributed by atoms with Crippen molar-refractivity contribution in [2.45, 2.75) is 0 Å². The van der Waals surface area contributed by atoms with E-state index in [4.69, 9.17) is 4.42 Å². The summed E-state index contributed by atoms with van der Waals surface area (Å²) in [4.78, 5) is 0. The highest BCUT2D eigenvalue weighted by Gasteiger charge is 2.19. The van der Waals surface area contributed by atoms with Crippen molar-refractivity contribution >= 4 is 53.4 Å². The van der Waals surface area contributed by atoms with Crippen LogP contribution in [0.4, 0.5) is 0 Å². The predicted octanol–water partition coefficient (Wildman–Crippen LogP) is 10.8. The fourth-order valence-corrected chi connectivity index (χ4v) is 7.08. The predicted molar refractivity (Wildman–Crippen MR) is 168 cm³/mol. The molecule has 8 rings (SSSR count). The minimum absolute atomic E-state index is 0.685. The summed E-state index contributed by atoms with van der Waals surface area (Å²) in [5.41, 5.74) is 8.51. The number of hydrogen-bond donors (Lipinski definition) is 0. The molecule has 2 heterocycles. The van der Waals surface area contributed by atoms with E-state index < -0.39 is 0 Å². The van der Waals surface area contributed by atoms with Crippen molar-refractivity contribution in [2.75, 3.05) is 0 Å². The van der Waals surface area contributed by atoms with E-state index in [0.717, 1.165) is 55.3 Å². The molecule has 0 amide bonds. The summed E-state index contributed by atoms with van der Waals surface area (Å²) in [6, 6.07) is 46.6. The smallest absolute Gasteiger partial charge is 0.136 e. The second-order valence-corrected chi connectivity index (χ2v) is 11.1. The Kier molecular flexibility index (Phi) is 5.10. The summed E-state index contributed by atoms with van der Waals surface area (Å²) in [6.45, 7) is 0. The topological polar surface area (TPSA) is 36.9 Å². The SMILES string of the molecule is N#Cc1c(-c2ccccc2)cc(-c2ccc3c(c2)oc2ccccc23)cc1-c1cccc2c1sc1ccccc12. The van der Waals surface area contributed by atoms with Crippen LogP contribution < -0.4 is 0 Å². The van der Waals surface area contributed by atoms with Crippen LogP contribution in [0.15, 0.2) is 132 Å². The van der Waals surface area contributed by atoms with Crippen molar-refractivity contribution in [3.05, 3.63) is 133 Å². The molecule has 0 fully saturated rings. The van der Waals surface area contributed by atoms with Gasteiger partial charge in [-0.25, -0.2) is 0 Å². The maximum Gasteiger partial charge on any atom is 0.136 e. The second-order valence-electron chi connectivity index (χ2n) is 10.0. The number of nitriles is 1. The fourth-order valence-electron chi connectivity index (χ4n) is 5.85. The van der Waals surface area contributed by atoms with Crippen LogP contribution in [0.25, 0.3) is 75.5 Å². The van der Waals surface area contributed by atoms with Crippen molar-refractivity contribution in [3.63, 3.8) is 0 Å². The molecule has 0 aliphatic heterocycles. The van der Waals surface area contributed by atoms with E-state index >= 15 is 0 Å². The van der Waals surface area contributed by atoms with Crippen LogP contribution >= 0.6 is 11.3 Å². The maximum absolute atomic E-state index is 10.6. The Hall–Kier alpha value is -5.17. The van der Waals surface area contributed by atoms with E-state index in [-0.39, 0.29) is 0 Å². The first-order chi connectivity index (χ1) is 19.8. The molecule has 0 N–H and O–H groups in total. The van der Waals surface area contributed by atoms with Crippen LogP contribution in [-0.2, 0) is 0 Å². The molecule has 2 aromatic heterocycles. The van der Waals surface area contributed by atoms with Gasteiger partial charge < -0.3 is 4.42 Å². The van der Waals surface area contributed by atoms with Gasteiger partial charge in [0.2, 0.25) is 0 Å². The summed E-state index contributed by atoms with van der Waals surface area (Å²) < 4.78 is 8.68. The number of hydrogen-bond acceptors (Lipinski definition) is 3. The van der Waals surface area contributed by atoms with Crippen LogP contribution in [0, 0.1) is 11.3 Å². The first-order valence-electron chi connectivity index (χ1n) is 13.2. The summed E-state index contributed by atoms with van der Waals surface area (Å²) >= 11 is 1.79. The molecule has 0 bridgehead atoms. The molecule has 0 radical (unpaired) electrons. The van der Waals surface area contributed by atoms with E-state index in [0.29, 0.717) is 5.56 Å². The lowest BCUT2D eigenvalue weighted by atomic mass is 9.88. The molecular formula is C37H21NOS. The van der Waals surface area contributed by atoms with Crippen LogP contribution in [0.1, 0.15) is 5.56 Å². The van der Waals surface area contributed by atoms with Crippen LogP contribution in [-0.4, -0.2) is 0 Å². The lowest BCUT2D eigenvalue weighted by molar-refractivity contribution is 0.669. The van der Waals surface area contributed by atoms with Gasteiger partial charge in [0.15, 0.2) is 0 Å². The van der Waals surface area contributed by atoms with Gasteiger partial charge >= 0.3 is 0 Å². The van der Waals surface area contributed by atoms with Gasteiger partial charge in [-0.15, -0.1) is 11.3 Å². The van der Waals surface area contributed by atoms with Gasteiger partial charge in [0.05, 0.1) is 5.56 Å². The lowest BCUT2D eigenvalue weighted by Crippen LogP contribution is -1.93. The Balaban J connectivity index is 1.43. The summed E-state index contributed by atoms with van der Waals surface area (Å²) in [5.74, 6) is 0. The number of thiophene rings is 1. The molecule has 0 aliphatic rings. The maximum atomic E-state index is 10.6. The van der Waals surface area contributed by atoms with Crippen LogP contribution in [0.2, 0.25) is 0 Å². The average Bonchev–Trinajstić information content (AvgIpc) is 3.59. The average molecular weight is 528 g/mol. The summed E-state index contributed by atoms with van der Waals surface area (Å²) in [5, 5.41) is 15.2. The molecule has 40 heavy (non-hydrogen) atoms. The van der Waals surface area contributed by atoms with Gasteiger partial charge in [0, 0.05) is 47.6 Å². The molecule has 6 aromatic carbocycles. The van der Waals surface area contributed by atoms with Gasteiger partial charge in [-0.1, -0.05) is 91.0 Å². The van der Waals surface area contributed by atoms with Crippen molar-refractivity contribution in [2.24, 2.45) is 0 Å². The third-order valence-electron chi connectivity index (χ3n) is 7.74.